The van der Waals surface area contributed by atoms with Gasteiger partial charge in [0.25, 0.3) is 0 Å². The minimum Gasteiger partial charge on any atom is -0.246 e. The summed E-state index contributed by atoms with van der Waals surface area (Å²) in [4.78, 5) is 6.08. The molecule has 0 spiro atoms. The van der Waals surface area contributed by atoms with E-state index in [0.29, 0.717) is 0 Å². The number of thiazole rings is 1. The zero-order chi connectivity index (χ0) is 10.1. The normalized spacial score (nSPS) is 12.1. The molecule has 1 rings (SSSR count). The third kappa shape index (κ3) is 2.53. The van der Waals surface area contributed by atoms with E-state index in [4.69, 9.17) is 0 Å². The smallest absolute Gasteiger partial charge is 0.0984 e. The molecule has 0 aliphatic rings. The van der Waals surface area contributed by atoms with Crippen LogP contribution in [0.2, 0.25) is 0 Å². The molecule has 0 bridgehead atoms. The van der Waals surface area contributed by atoms with E-state index in [2.05, 4.69) is 39.6 Å². The lowest BCUT2D eigenvalue weighted by Gasteiger charge is -2.13. The van der Waals surface area contributed by atoms with Gasteiger partial charge in [0.05, 0.1) is 10.7 Å². The fourth-order valence-electron chi connectivity index (χ4n) is 1.21. The molecule has 0 radical (unpaired) electrons. The number of hydrogen-bond donors (Lipinski definition) is 0. The molecule has 1 aromatic heterocycles. The summed E-state index contributed by atoms with van der Waals surface area (Å²) >= 11 is 1.88. The van der Waals surface area contributed by atoms with E-state index in [1.807, 2.05) is 11.3 Å². The maximum Gasteiger partial charge on any atom is 0.0984 e. The molecule has 1 nitrogen and oxygen atoms in total. The molecular weight excluding hydrogens is 178 g/mol. The average Bonchev–Trinajstić information content (AvgIpc) is 2.32. The van der Waals surface area contributed by atoms with Crippen molar-refractivity contribution >= 4 is 11.3 Å². The van der Waals surface area contributed by atoms with Crippen LogP contribution in [0.3, 0.4) is 0 Å². The van der Waals surface area contributed by atoms with Crippen molar-refractivity contribution < 1.29 is 0 Å². The summed E-state index contributed by atoms with van der Waals surface area (Å²) in [6, 6.07) is 0. The number of hydrogen-bond acceptors (Lipinski definition) is 2. The second kappa shape index (κ2) is 3.79. The van der Waals surface area contributed by atoms with Gasteiger partial charge in [0.2, 0.25) is 0 Å². The molecule has 0 aliphatic carbocycles. The molecule has 0 aromatic carbocycles. The van der Waals surface area contributed by atoms with E-state index in [1.54, 1.807) is 0 Å². The Kier molecular flexibility index (Phi) is 3.12. The Hall–Kier alpha value is -0.370. The maximum atomic E-state index is 4.62. The van der Waals surface area contributed by atoms with Crippen LogP contribution in [0.25, 0.3) is 0 Å². The fourth-order valence-corrected chi connectivity index (χ4v) is 2.43. The summed E-state index contributed by atoms with van der Waals surface area (Å²) in [7, 11) is 0. The maximum absolute atomic E-state index is 4.62. The minimum absolute atomic E-state index is 0.210. The molecule has 2 heteroatoms. The molecule has 13 heavy (non-hydrogen) atoms. The quantitative estimate of drug-likeness (QED) is 0.704. The Bertz CT molecular complexity index is 281. The number of nitrogens with zero attached hydrogens (tertiary/aromatic N) is 1. The average molecular weight is 197 g/mol. The highest BCUT2D eigenvalue weighted by Crippen LogP contribution is 2.29. The van der Waals surface area contributed by atoms with Crippen LogP contribution in [0, 0.1) is 6.92 Å². The highest BCUT2D eigenvalue weighted by molar-refractivity contribution is 7.11. The van der Waals surface area contributed by atoms with E-state index < -0.39 is 0 Å². The van der Waals surface area contributed by atoms with Crippen molar-refractivity contribution in [1.29, 1.82) is 0 Å². The van der Waals surface area contributed by atoms with Crippen LogP contribution >= 0.6 is 11.3 Å². The SMILES string of the molecule is CCCc1sc(C(C)(C)C)nc1C. The van der Waals surface area contributed by atoms with Crippen molar-refractivity contribution in [1.82, 2.24) is 4.98 Å². The first-order valence-electron chi connectivity index (χ1n) is 4.92. The van der Waals surface area contributed by atoms with Crippen LogP contribution in [0.4, 0.5) is 0 Å². The predicted molar refractivity (Wildman–Crippen MR) is 59.5 cm³/mol. The highest BCUT2D eigenvalue weighted by atomic mass is 32.1. The Morgan fingerprint density at radius 2 is 1.92 bits per heavy atom. The molecule has 74 valence electrons. The van der Waals surface area contributed by atoms with Gasteiger partial charge in [-0.2, -0.15) is 0 Å². The summed E-state index contributed by atoms with van der Waals surface area (Å²) in [5.41, 5.74) is 1.44. The standard InChI is InChI=1S/C11H19NS/c1-6-7-9-8(2)12-10(13-9)11(3,4)5/h6-7H2,1-5H3. The lowest BCUT2D eigenvalue weighted by atomic mass is 9.98. The van der Waals surface area contributed by atoms with Gasteiger partial charge in [-0.05, 0) is 13.3 Å². The van der Waals surface area contributed by atoms with E-state index >= 15 is 0 Å². The number of aryl methyl sites for hydroxylation is 2. The second-order valence-electron chi connectivity index (χ2n) is 4.53. The summed E-state index contributed by atoms with van der Waals surface area (Å²) in [6.07, 6.45) is 2.40. The van der Waals surface area contributed by atoms with Crippen molar-refractivity contribution in [2.45, 2.75) is 52.9 Å². The number of aromatic nitrogens is 1. The van der Waals surface area contributed by atoms with Crippen molar-refractivity contribution in [3.63, 3.8) is 0 Å². The monoisotopic (exact) mass is 197 g/mol. The molecule has 1 heterocycles. The summed E-state index contributed by atoms with van der Waals surface area (Å²) in [5.74, 6) is 0. The van der Waals surface area contributed by atoms with E-state index in [1.165, 1.54) is 28.4 Å². The molecule has 0 unspecified atom stereocenters. The predicted octanol–water partition coefficient (Wildman–Crippen LogP) is 3.70. The Morgan fingerprint density at radius 3 is 2.31 bits per heavy atom. The van der Waals surface area contributed by atoms with Crippen LogP contribution in [0.1, 0.15) is 49.7 Å². The van der Waals surface area contributed by atoms with E-state index in [9.17, 15) is 0 Å². The van der Waals surface area contributed by atoms with Gasteiger partial charge in [-0.15, -0.1) is 11.3 Å². The van der Waals surface area contributed by atoms with Crippen LogP contribution in [0.5, 0.6) is 0 Å². The first-order chi connectivity index (χ1) is 5.95. The van der Waals surface area contributed by atoms with Gasteiger partial charge in [0.15, 0.2) is 0 Å². The van der Waals surface area contributed by atoms with Crippen LogP contribution < -0.4 is 0 Å². The lowest BCUT2D eigenvalue weighted by molar-refractivity contribution is 0.584. The van der Waals surface area contributed by atoms with Crippen molar-refractivity contribution in [2.75, 3.05) is 0 Å². The fraction of sp³-hybridized carbons (Fsp3) is 0.727. The molecule has 0 saturated heterocycles. The van der Waals surface area contributed by atoms with Gasteiger partial charge in [-0.25, -0.2) is 4.98 Å². The van der Waals surface area contributed by atoms with E-state index in [0.717, 1.165) is 0 Å². The van der Waals surface area contributed by atoms with E-state index in [-0.39, 0.29) is 5.41 Å². The minimum atomic E-state index is 0.210. The highest BCUT2D eigenvalue weighted by Gasteiger charge is 2.19. The zero-order valence-electron chi connectivity index (χ0n) is 9.27. The van der Waals surface area contributed by atoms with Gasteiger partial charge in [-0.3, -0.25) is 0 Å². The third-order valence-corrected chi connectivity index (χ3v) is 3.65. The largest absolute Gasteiger partial charge is 0.246 e. The first-order valence-corrected chi connectivity index (χ1v) is 5.73. The molecule has 0 amide bonds. The van der Waals surface area contributed by atoms with Crippen LogP contribution in [0.15, 0.2) is 0 Å². The Labute approximate surface area is 85.2 Å². The molecule has 0 aliphatic heterocycles. The molecule has 0 saturated carbocycles. The van der Waals surface area contributed by atoms with Gasteiger partial charge in [0.1, 0.15) is 0 Å². The molecule has 0 N–H and O–H groups in total. The van der Waals surface area contributed by atoms with Crippen LogP contribution in [-0.2, 0) is 11.8 Å². The lowest BCUT2D eigenvalue weighted by Crippen LogP contribution is -2.10. The van der Waals surface area contributed by atoms with Crippen molar-refractivity contribution in [3.8, 4) is 0 Å². The first kappa shape index (κ1) is 10.7. The van der Waals surface area contributed by atoms with Crippen molar-refractivity contribution in [3.05, 3.63) is 15.6 Å². The summed E-state index contributed by atoms with van der Waals surface area (Å²) < 4.78 is 0. The topological polar surface area (TPSA) is 12.9 Å². The van der Waals surface area contributed by atoms with Gasteiger partial charge < -0.3 is 0 Å². The Balaban J connectivity index is 2.95. The molecular formula is C11H19NS. The second-order valence-corrected chi connectivity index (χ2v) is 5.61. The van der Waals surface area contributed by atoms with Crippen LogP contribution in [-0.4, -0.2) is 4.98 Å². The summed E-state index contributed by atoms with van der Waals surface area (Å²) in [5, 5.41) is 1.27. The zero-order valence-corrected chi connectivity index (χ0v) is 10.1. The summed E-state index contributed by atoms with van der Waals surface area (Å²) in [6.45, 7) is 11.0. The molecule has 0 fully saturated rings. The van der Waals surface area contributed by atoms with Gasteiger partial charge in [-0.1, -0.05) is 34.1 Å². The van der Waals surface area contributed by atoms with Gasteiger partial charge in [0, 0.05) is 10.3 Å². The number of rotatable bonds is 2. The Morgan fingerprint density at radius 1 is 1.31 bits per heavy atom. The molecule has 1 aromatic rings. The van der Waals surface area contributed by atoms with Gasteiger partial charge >= 0.3 is 0 Å². The third-order valence-electron chi connectivity index (χ3n) is 2.01. The molecule has 0 atom stereocenters. The van der Waals surface area contributed by atoms with Crippen molar-refractivity contribution in [2.24, 2.45) is 0 Å².